The smallest absolute Gasteiger partial charge is 0.0428 e. The molecular weight excluding hydrogens is 276 g/mol. The molecule has 1 aromatic carbocycles. The fourth-order valence-electron chi connectivity index (χ4n) is 0.342. The molecule has 0 aliphatic rings. The Kier molecular flexibility index (Phi) is 51.7. The van der Waals surface area contributed by atoms with Gasteiger partial charge >= 0.3 is 0 Å². The number of hydrogen-bond acceptors (Lipinski definition) is 3. The molecule has 0 bridgehead atoms. The van der Waals surface area contributed by atoms with Crippen LogP contribution in [-0.2, 0) is 21.7 Å². The Morgan fingerprint density at radius 1 is 0.684 bits per heavy atom. The van der Waals surface area contributed by atoms with Crippen molar-refractivity contribution in [3.63, 3.8) is 0 Å². The summed E-state index contributed by atoms with van der Waals surface area (Å²) < 4.78 is 0. The molecule has 112 valence electrons. The first-order chi connectivity index (χ1) is 8.74. The van der Waals surface area contributed by atoms with Gasteiger partial charge < -0.3 is 15.3 Å². The van der Waals surface area contributed by atoms with Crippen molar-refractivity contribution in [2.24, 2.45) is 0 Å². The van der Waals surface area contributed by atoms with Gasteiger partial charge in [-0.15, -0.1) is 0 Å². The molecule has 19 heavy (non-hydrogen) atoms. The van der Waals surface area contributed by atoms with Crippen LogP contribution in [0.4, 0.5) is 0 Å². The number of aliphatic hydroxyl groups excluding tert-OH is 3. The zero-order chi connectivity index (χ0) is 14.5. The Bertz CT molecular complexity index is 142. The summed E-state index contributed by atoms with van der Waals surface area (Å²) in [5.74, 6) is 0. The van der Waals surface area contributed by atoms with Gasteiger partial charge in [0.1, 0.15) is 0 Å². The summed E-state index contributed by atoms with van der Waals surface area (Å²) in [6, 6.07) is 12.5. The van der Waals surface area contributed by atoms with Gasteiger partial charge in [-0.05, 0) is 19.3 Å². The van der Waals surface area contributed by atoms with Crippen molar-refractivity contribution < 1.29 is 37.0 Å². The molecule has 0 atom stereocenters. The van der Waals surface area contributed by atoms with Crippen LogP contribution in [-0.4, -0.2) is 35.1 Å². The second-order valence-electron chi connectivity index (χ2n) is 3.25. The van der Waals surface area contributed by atoms with Crippen molar-refractivity contribution >= 4 is 0 Å². The van der Waals surface area contributed by atoms with Crippen LogP contribution < -0.4 is 0 Å². The quantitative estimate of drug-likeness (QED) is 0.594. The van der Waals surface area contributed by atoms with E-state index in [1.807, 2.05) is 51.1 Å². The van der Waals surface area contributed by atoms with Gasteiger partial charge in [-0.25, -0.2) is 0 Å². The molecule has 0 amide bonds. The Morgan fingerprint density at radius 3 is 1.00 bits per heavy atom. The third-order valence-corrected chi connectivity index (χ3v) is 1.28. The normalized spacial score (nSPS) is 7.26. The minimum atomic E-state index is 0. The van der Waals surface area contributed by atoms with Crippen LogP contribution in [0.3, 0.4) is 0 Å². The summed E-state index contributed by atoms with van der Waals surface area (Å²) in [4.78, 5) is 0. The van der Waals surface area contributed by atoms with E-state index in [1.165, 1.54) is 0 Å². The molecule has 0 unspecified atom stereocenters. The van der Waals surface area contributed by atoms with Crippen molar-refractivity contribution in [2.45, 2.75) is 40.0 Å². The number of aliphatic hydroxyl groups is 3. The van der Waals surface area contributed by atoms with Gasteiger partial charge in [0.15, 0.2) is 0 Å². The van der Waals surface area contributed by atoms with Gasteiger partial charge in [0.2, 0.25) is 0 Å². The van der Waals surface area contributed by atoms with Gasteiger partial charge in [-0.3, -0.25) is 0 Å². The van der Waals surface area contributed by atoms with Crippen molar-refractivity contribution in [1.82, 2.24) is 0 Å². The molecule has 1 rings (SSSR count). The number of rotatable bonds is 3. The second-order valence-corrected chi connectivity index (χ2v) is 3.25. The summed E-state index contributed by atoms with van der Waals surface area (Å²) in [5, 5.41) is 23.6. The Hall–Kier alpha value is -0.186. The third-order valence-electron chi connectivity index (χ3n) is 1.28. The molecule has 0 saturated heterocycles. The zero-order valence-corrected chi connectivity index (χ0v) is 14.0. The molecule has 0 aliphatic heterocycles. The second kappa shape index (κ2) is 36.1. The molecule has 0 aromatic heterocycles. The van der Waals surface area contributed by atoms with E-state index in [2.05, 4.69) is 6.07 Å². The predicted octanol–water partition coefficient (Wildman–Crippen LogP) is 2.65. The van der Waals surface area contributed by atoms with Crippen molar-refractivity contribution in [3.8, 4) is 0 Å². The van der Waals surface area contributed by atoms with E-state index >= 15 is 0 Å². The van der Waals surface area contributed by atoms with Gasteiger partial charge in [0.05, 0.1) is 0 Å². The molecule has 0 saturated carbocycles. The van der Waals surface area contributed by atoms with E-state index in [4.69, 9.17) is 15.3 Å². The number of hydrogen-bond donors (Lipinski definition) is 3. The van der Waals surface area contributed by atoms with Gasteiger partial charge in [-0.1, -0.05) is 20.8 Å². The van der Waals surface area contributed by atoms with Crippen LogP contribution >= 0.6 is 0 Å². The molecule has 0 aliphatic carbocycles. The van der Waals surface area contributed by atoms with Crippen LogP contribution in [0.2, 0.25) is 0 Å². The standard InChI is InChI=1S/C6H5.3C3H8O.Ti/c1-2-4-6-5-3-1;3*1-2-3-4;/h1-5H;3*4H,2-3H2,1H3;/q-1;;;;. The Morgan fingerprint density at radius 2 is 0.947 bits per heavy atom. The average molecular weight is 305 g/mol. The Balaban J connectivity index is -0.0000000796. The topological polar surface area (TPSA) is 60.7 Å². The van der Waals surface area contributed by atoms with Crippen LogP contribution in [0.5, 0.6) is 0 Å². The fraction of sp³-hybridized carbons (Fsp3) is 0.600. The molecule has 4 heteroatoms. The van der Waals surface area contributed by atoms with E-state index in [-0.39, 0.29) is 21.7 Å². The molecule has 3 nitrogen and oxygen atoms in total. The van der Waals surface area contributed by atoms with Crippen molar-refractivity contribution in [3.05, 3.63) is 36.4 Å². The first-order valence-electron chi connectivity index (χ1n) is 6.48. The SMILES string of the molecule is CCCO.CCCO.CCCO.[Ti].[c-]1ccccc1. The molecule has 0 radical (unpaired) electrons. The van der Waals surface area contributed by atoms with E-state index in [0.29, 0.717) is 19.8 Å². The summed E-state index contributed by atoms with van der Waals surface area (Å²) >= 11 is 0. The fourth-order valence-corrected chi connectivity index (χ4v) is 0.342. The number of benzene rings is 1. The molecule has 3 N–H and O–H groups in total. The zero-order valence-electron chi connectivity index (χ0n) is 12.5. The minimum absolute atomic E-state index is 0. The monoisotopic (exact) mass is 305 g/mol. The van der Waals surface area contributed by atoms with E-state index in [9.17, 15) is 0 Å². The molecule has 0 fully saturated rings. The van der Waals surface area contributed by atoms with Gasteiger partial charge in [0.25, 0.3) is 0 Å². The van der Waals surface area contributed by atoms with Crippen LogP contribution in [0.1, 0.15) is 40.0 Å². The predicted molar refractivity (Wildman–Crippen MR) is 77.4 cm³/mol. The summed E-state index contributed by atoms with van der Waals surface area (Å²) in [6.07, 6.45) is 2.62. The van der Waals surface area contributed by atoms with E-state index < -0.39 is 0 Å². The van der Waals surface area contributed by atoms with Crippen molar-refractivity contribution in [2.75, 3.05) is 19.8 Å². The van der Waals surface area contributed by atoms with Gasteiger partial charge in [0, 0.05) is 41.5 Å². The van der Waals surface area contributed by atoms with Crippen LogP contribution in [0.15, 0.2) is 30.3 Å². The summed E-state index contributed by atoms with van der Waals surface area (Å²) in [7, 11) is 0. The summed E-state index contributed by atoms with van der Waals surface area (Å²) in [5.41, 5.74) is 0. The van der Waals surface area contributed by atoms with Crippen LogP contribution in [0, 0.1) is 6.07 Å². The molecule has 0 spiro atoms. The average Bonchev–Trinajstić information content (AvgIpc) is 2.49. The maximum atomic E-state index is 7.88. The van der Waals surface area contributed by atoms with Crippen molar-refractivity contribution in [1.29, 1.82) is 0 Å². The first kappa shape index (κ1) is 27.2. The molecular formula is C15H29O3Ti-. The minimum Gasteiger partial charge on any atom is -0.396 e. The summed E-state index contributed by atoms with van der Waals surface area (Å²) in [6.45, 7) is 6.75. The third kappa shape index (κ3) is 57.3. The molecule has 1 aromatic rings. The van der Waals surface area contributed by atoms with Gasteiger partial charge in [-0.2, -0.15) is 36.4 Å². The van der Waals surface area contributed by atoms with E-state index in [1.54, 1.807) is 0 Å². The largest absolute Gasteiger partial charge is 0.396 e. The molecule has 0 heterocycles. The maximum absolute atomic E-state index is 7.88. The Labute approximate surface area is 133 Å². The first-order valence-corrected chi connectivity index (χ1v) is 6.48. The maximum Gasteiger partial charge on any atom is 0.0428 e. The van der Waals surface area contributed by atoms with E-state index in [0.717, 1.165) is 19.3 Å². The van der Waals surface area contributed by atoms with Crippen LogP contribution in [0.25, 0.3) is 0 Å².